The van der Waals surface area contributed by atoms with Crippen LogP contribution in [0.1, 0.15) is 26.5 Å². The minimum atomic E-state index is -0.516. The van der Waals surface area contributed by atoms with Gasteiger partial charge in [0, 0.05) is 16.8 Å². The highest BCUT2D eigenvalue weighted by atomic mass is 32.1. The Labute approximate surface area is 127 Å². The summed E-state index contributed by atoms with van der Waals surface area (Å²) in [7, 11) is 0. The Hall–Kier alpha value is -2.15. The molecule has 1 heterocycles. The van der Waals surface area contributed by atoms with E-state index in [9.17, 15) is 4.79 Å². The van der Waals surface area contributed by atoms with Crippen LogP contribution < -0.4 is 10.6 Å². The van der Waals surface area contributed by atoms with Crippen molar-refractivity contribution in [1.29, 1.82) is 0 Å². The first-order valence-corrected chi connectivity index (χ1v) is 7.36. The summed E-state index contributed by atoms with van der Waals surface area (Å²) < 4.78 is 9.02. The predicted octanol–water partition coefficient (Wildman–Crippen LogP) is 3.50. The molecule has 0 saturated heterocycles. The third kappa shape index (κ3) is 5.39. The molecular weight excluding hydrogens is 288 g/mol. The van der Waals surface area contributed by atoms with Crippen molar-refractivity contribution in [3.8, 4) is 0 Å². The van der Waals surface area contributed by atoms with Crippen molar-refractivity contribution >= 4 is 29.0 Å². The van der Waals surface area contributed by atoms with Gasteiger partial charge in [-0.25, -0.2) is 4.79 Å². The zero-order valence-electron chi connectivity index (χ0n) is 12.2. The van der Waals surface area contributed by atoms with Crippen molar-refractivity contribution in [2.75, 3.05) is 10.6 Å². The van der Waals surface area contributed by atoms with E-state index in [0.29, 0.717) is 12.2 Å². The van der Waals surface area contributed by atoms with Crippen LogP contribution in [0.2, 0.25) is 0 Å². The summed E-state index contributed by atoms with van der Waals surface area (Å²) in [5.41, 5.74) is 1.92. The zero-order valence-corrected chi connectivity index (χ0v) is 13.0. The highest BCUT2D eigenvalue weighted by Gasteiger charge is 2.16. The lowest BCUT2D eigenvalue weighted by atomic mass is 10.2. The van der Waals surface area contributed by atoms with E-state index >= 15 is 0 Å². The maximum atomic E-state index is 11.7. The molecule has 112 valence electrons. The van der Waals surface area contributed by atoms with Gasteiger partial charge in [0.15, 0.2) is 0 Å². The van der Waals surface area contributed by atoms with Crippen LogP contribution in [0.25, 0.3) is 0 Å². The summed E-state index contributed by atoms with van der Waals surface area (Å²) in [6, 6.07) is 7.41. The van der Waals surface area contributed by atoms with Gasteiger partial charge in [0.25, 0.3) is 0 Å². The maximum Gasteiger partial charge on any atom is 0.412 e. The van der Waals surface area contributed by atoms with E-state index in [0.717, 1.165) is 11.4 Å². The van der Waals surface area contributed by atoms with Gasteiger partial charge < -0.3 is 10.1 Å². The lowest BCUT2D eigenvalue weighted by molar-refractivity contribution is 0.0636. The fourth-order valence-corrected chi connectivity index (χ4v) is 2.03. The number of amides is 1. The van der Waals surface area contributed by atoms with Crippen LogP contribution in [-0.4, -0.2) is 21.3 Å². The first-order valence-electron chi connectivity index (χ1n) is 6.52. The van der Waals surface area contributed by atoms with E-state index in [4.69, 9.17) is 4.74 Å². The number of carbonyl (C=O) groups excluding carboxylic acids is 1. The maximum absolute atomic E-state index is 11.7. The highest BCUT2D eigenvalue weighted by Crippen LogP contribution is 2.17. The second-order valence-electron chi connectivity index (χ2n) is 5.46. The number of nitrogens with one attached hydrogen (secondary N) is 2. The first kappa shape index (κ1) is 15.2. The molecule has 2 N–H and O–H groups in total. The molecule has 2 rings (SSSR count). The molecule has 0 unspecified atom stereocenters. The molecule has 0 radical (unpaired) electrons. The van der Waals surface area contributed by atoms with Crippen LogP contribution in [0.5, 0.6) is 0 Å². The Morgan fingerprint density at radius 2 is 2.10 bits per heavy atom. The van der Waals surface area contributed by atoms with Crippen molar-refractivity contribution in [2.24, 2.45) is 0 Å². The van der Waals surface area contributed by atoms with Gasteiger partial charge in [0.05, 0.1) is 12.2 Å². The van der Waals surface area contributed by atoms with Gasteiger partial charge in [-0.1, -0.05) is 10.6 Å². The summed E-state index contributed by atoms with van der Waals surface area (Å²) in [6.45, 7) is 6.07. The minimum Gasteiger partial charge on any atom is -0.444 e. The summed E-state index contributed by atoms with van der Waals surface area (Å²) in [4.78, 5) is 11.7. The van der Waals surface area contributed by atoms with Gasteiger partial charge in [0.2, 0.25) is 0 Å². The van der Waals surface area contributed by atoms with Crippen LogP contribution in [0.3, 0.4) is 0 Å². The van der Waals surface area contributed by atoms with Crippen molar-refractivity contribution in [3.63, 3.8) is 0 Å². The molecule has 0 spiro atoms. The number of hydrogen-bond donors (Lipinski definition) is 2. The number of nitrogens with zero attached hydrogens (tertiary/aromatic N) is 2. The SMILES string of the molecule is CC(C)(C)OC(=O)Nc1cccc(NCc2csnn2)c1. The first-order chi connectivity index (χ1) is 9.92. The van der Waals surface area contributed by atoms with E-state index in [-0.39, 0.29) is 0 Å². The fraction of sp³-hybridized carbons (Fsp3) is 0.357. The van der Waals surface area contributed by atoms with E-state index in [1.54, 1.807) is 6.07 Å². The second kappa shape index (κ2) is 6.53. The highest BCUT2D eigenvalue weighted by molar-refractivity contribution is 7.03. The van der Waals surface area contributed by atoms with E-state index in [1.165, 1.54) is 11.5 Å². The average Bonchev–Trinajstić information content (AvgIpc) is 2.87. The number of ether oxygens (including phenoxy) is 1. The van der Waals surface area contributed by atoms with Crippen molar-refractivity contribution in [3.05, 3.63) is 35.3 Å². The number of anilines is 2. The number of hydrogen-bond acceptors (Lipinski definition) is 6. The van der Waals surface area contributed by atoms with Crippen LogP contribution in [0, 0.1) is 0 Å². The van der Waals surface area contributed by atoms with Crippen molar-refractivity contribution < 1.29 is 9.53 Å². The smallest absolute Gasteiger partial charge is 0.412 e. The van der Waals surface area contributed by atoms with Gasteiger partial charge in [-0.15, -0.1) is 5.10 Å². The number of rotatable bonds is 4. The molecule has 0 bridgehead atoms. The molecule has 0 aliphatic heterocycles. The van der Waals surface area contributed by atoms with Crippen molar-refractivity contribution in [2.45, 2.75) is 32.9 Å². The summed E-state index contributed by atoms with van der Waals surface area (Å²) >= 11 is 1.32. The quantitative estimate of drug-likeness (QED) is 0.904. The fourth-order valence-electron chi connectivity index (χ4n) is 1.58. The largest absolute Gasteiger partial charge is 0.444 e. The molecule has 0 aliphatic carbocycles. The van der Waals surface area contributed by atoms with Gasteiger partial charge in [-0.3, -0.25) is 5.32 Å². The molecule has 0 fully saturated rings. The van der Waals surface area contributed by atoms with E-state index in [2.05, 4.69) is 20.2 Å². The van der Waals surface area contributed by atoms with Gasteiger partial charge in [-0.05, 0) is 50.5 Å². The molecule has 0 atom stereocenters. The Kier molecular flexibility index (Phi) is 4.74. The molecule has 0 saturated carbocycles. The molecule has 21 heavy (non-hydrogen) atoms. The molecular formula is C14H18N4O2S. The number of benzene rings is 1. The number of carbonyl (C=O) groups is 1. The van der Waals surface area contributed by atoms with Gasteiger partial charge in [0.1, 0.15) is 5.60 Å². The summed E-state index contributed by atoms with van der Waals surface area (Å²) in [5, 5.41) is 11.8. The Balaban J connectivity index is 1.92. The Bertz CT molecular complexity index is 593. The predicted molar refractivity (Wildman–Crippen MR) is 83.5 cm³/mol. The Morgan fingerprint density at radius 3 is 2.76 bits per heavy atom. The molecule has 1 amide bonds. The lowest BCUT2D eigenvalue weighted by Crippen LogP contribution is -2.27. The van der Waals surface area contributed by atoms with Crippen molar-refractivity contribution in [1.82, 2.24) is 9.59 Å². The zero-order chi connectivity index (χ0) is 15.3. The van der Waals surface area contributed by atoms with Crippen LogP contribution >= 0.6 is 11.5 Å². The average molecular weight is 306 g/mol. The van der Waals surface area contributed by atoms with E-state index in [1.807, 2.05) is 44.4 Å². The third-order valence-corrected chi connectivity index (χ3v) is 2.94. The molecule has 1 aromatic heterocycles. The molecule has 2 aromatic rings. The van der Waals surface area contributed by atoms with Crippen LogP contribution in [-0.2, 0) is 11.3 Å². The molecule has 7 heteroatoms. The topological polar surface area (TPSA) is 76.1 Å². The van der Waals surface area contributed by atoms with Crippen LogP contribution in [0.4, 0.5) is 16.2 Å². The normalized spacial score (nSPS) is 11.0. The summed E-state index contributed by atoms with van der Waals surface area (Å²) in [5.74, 6) is 0. The lowest BCUT2D eigenvalue weighted by Gasteiger charge is -2.19. The standard InChI is InChI=1S/C14H18N4O2S/c1-14(2,3)20-13(19)16-11-6-4-5-10(7-11)15-8-12-9-21-18-17-12/h4-7,9,15H,8H2,1-3H3,(H,16,19). The third-order valence-electron chi connectivity index (χ3n) is 2.39. The number of aromatic nitrogens is 2. The Morgan fingerprint density at radius 1 is 1.33 bits per heavy atom. The van der Waals surface area contributed by atoms with Gasteiger partial charge >= 0.3 is 6.09 Å². The molecule has 6 nitrogen and oxygen atoms in total. The molecule has 0 aliphatic rings. The van der Waals surface area contributed by atoms with Crippen LogP contribution in [0.15, 0.2) is 29.6 Å². The van der Waals surface area contributed by atoms with Gasteiger partial charge in [-0.2, -0.15) is 0 Å². The monoisotopic (exact) mass is 306 g/mol. The van der Waals surface area contributed by atoms with E-state index < -0.39 is 11.7 Å². The summed E-state index contributed by atoms with van der Waals surface area (Å²) in [6.07, 6.45) is -0.469. The molecule has 1 aromatic carbocycles. The minimum absolute atomic E-state index is 0.469. The second-order valence-corrected chi connectivity index (χ2v) is 6.07.